The largest absolute Gasteiger partial charge is 0.318 e. The first-order valence-corrected chi connectivity index (χ1v) is 11.1. The predicted octanol–water partition coefficient (Wildman–Crippen LogP) is 5.42. The van der Waals surface area contributed by atoms with E-state index < -0.39 is 5.91 Å². The summed E-state index contributed by atoms with van der Waals surface area (Å²) in [6.07, 6.45) is 1.72. The second-order valence-corrected chi connectivity index (χ2v) is 8.83. The van der Waals surface area contributed by atoms with Crippen LogP contribution in [0.1, 0.15) is 22.5 Å². The maximum atomic E-state index is 12.8. The summed E-state index contributed by atoms with van der Waals surface area (Å²) in [6, 6.07) is 19.3. The number of carbonyl (C=O) groups excluding carboxylic acids is 1. The van der Waals surface area contributed by atoms with Crippen molar-refractivity contribution in [2.75, 3.05) is 0 Å². The van der Waals surface area contributed by atoms with Crippen LogP contribution in [0.4, 0.5) is 0 Å². The fraction of sp³-hybridized carbons (Fsp3) is 0.0833. The number of halogens is 1. The lowest BCUT2D eigenvalue weighted by Gasteiger charge is -2.20. The highest BCUT2D eigenvalue weighted by Gasteiger charge is 2.36. The standard InChI is InChI=1S/C24H18ClN5OS/c1-14-11-17(15(2)29(14)19-10-6-9-18(25)13-19)12-20-21(26)30-24(27-22(20)31)32-23(28-30)16-7-4-3-5-8-16/h3-13,26H,1-2H3. The van der Waals surface area contributed by atoms with Crippen LogP contribution in [0, 0.1) is 19.3 Å². The Bertz CT molecular complexity index is 1370. The Kier molecular flexibility index (Phi) is 5.07. The number of hydrogen-bond acceptors (Lipinski definition) is 4. The van der Waals surface area contributed by atoms with Crippen molar-refractivity contribution in [2.24, 2.45) is 10.1 Å². The van der Waals surface area contributed by atoms with E-state index in [1.54, 1.807) is 6.08 Å². The molecule has 0 unspecified atom stereocenters. The SMILES string of the molecule is Cc1cc(C=C2C(=N)N3N=C(c4ccccc4)SC3=NC2=O)c(C)n1-c1cccc(Cl)c1. The van der Waals surface area contributed by atoms with Crippen LogP contribution in [0.5, 0.6) is 0 Å². The van der Waals surface area contributed by atoms with Crippen molar-refractivity contribution in [3.63, 3.8) is 0 Å². The van der Waals surface area contributed by atoms with Gasteiger partial charge in [0, 0.05) is 27.7 Å². The number of hydrogen-bond donors (Lipinski definition) is 1. The molecule has 3 aromatic rings. The predicted molar refractivity (Wildman–Crippen MR) is 131 cm³/mol. The van der Waals surface area contributed by atoms with Crippen LogP contribution in [0.3, 0.4) is 0 Å². The average Bonchev–Trinajstić information content (AvgIpc) is 3.32. The molecule has 1 N–H and O–H groups in total. The molecule has 0 saturated carbocycles. The number of benzene rings is 2. The number of rotatable bonds is 3. The highest BCUT2D eigenvalue weighted by Crippen LogP contribution is 2.32. The number of hydrazone groups is 1. The Balaban J connectivity index is 1.52. The van der Waals surface area contributed by atoms with Gasteiger partial charge in [-0.2, -0.15) is 15.1 Å². The topological polar surface area (TPSA) is 73.8 Å². The molecule has 2 aliphatic rings. The summed E-state index contributed by atoms with van der Waals surface area (Å²) in [4.78, 5) is 17.0. The van der Waals surface area contributed by atoms with Gasteiger partial charge in [0.15, 0.2) is 5.84 Å². The first-order chi connectivity index (χ1) is 15.4. The lowest BCUT2D eigenvalue weighted by Crippen LogP contribution is -2.35. The van der Waals surface area contributed by atoms with Gasteiger partial charge in [-0.15, -0.1) is 0 Å². The Labute approximate surface area is 194 Å². The van der Waals surface area contributed by atoms with E-state index in [2.05, 4.69) is 14.7 Å². The summed E-state index contributed by atoms with van der Waals surface area (Å²) in [5, 5.41) is 16.4. The van der Waals surface area contributed by atoms with E-state index in [0.29, 0.717) is 15.2 Å². The van der Waals surface area contributed by atoms with Crippen LogP contribution in [-0.2, 0) is 4.79 Å². The first-order valence-electron chi connectivity index (χ1n) is 9.93. The highest BCUT2D eigenvalue weighted by molar-refractivity contribution is 8.27. The minimum absolute atomic E-state index is 0.0194. The van der Waals surface area contributed by atoms with Gasteiger partial charge in [0.2, 0.25) is 5.17 Å². The Hall–Kier alpha value is -3.42. The molecule has 0 aliphatic carbocycles. The monoisotopic (exact) mass is 459 g/mol. The van der Waals surface area contributed by atoms with Gasteiger partial charge in [-0.25, -0.2) is 0 Å². The lowest BCUT2D eigenvalue weighted by atomic mass is 10.1. The van der Waals surface area contributed by atoms with Gasteiger partial charge in [0.05, 0.1) is 5.57 Å². The summed E-state index contributed by atoms with van der Waals surface area (Å²) in [6.45, 7) is 3.97. The number of amides is 1. The van der Waals surface area contributed by atoms with E-state index >= 15 is 0 Å². The molecule has 0 atom stereocenters. The third-order valence-corrected chi connectivity index (χ3v) is 6.50. The van der Waals surface area contributed by atoms with Gasteiger partial charge in [-0.1, -0.05) is 48.0 Å². The molecule has 1 amide bonds. The molecule has 0 bridgehead atoms. The van der Waals surface area contributed by atoms with E-state index in [-0.39, 0.29) is 11.4 Å². The van der Waals surface area contributed by atoms with Crippen LogP contribution >= 0.6 is 23.4 Å². The normalized spacial score (nSPS) is 17.0. The van der Waals surface area contributed by atoms with Crippen LogP contribution in [-0.4, -0.2) is 31.5 Å². The van der Waals surface area contributed by atoms with Crippen molar-refractivity contribution in [3.8, 4) is 5.69 Å². The molecule has 32 heavy (non-hydrogen) atoms. The number of nitrogens with one attached hydrogen (secondary N) is 1. The van der Waals surface area contributed by atoms with Gasteiger partial charge in [0.1, 0.15) is 5.04 Å². The summed E-state index contributed by atoms with van der Waals surface area (Å²) in [7, 11) is 0. The average molecular weight is 460 g/mol. The maximum Gasteiger partial charge on any atom is 0.283 e. The van der Waals surface area contributed by atoms with Gasteiger partial charge >= 0.3 is 0 Å². The fourth-order valence-electron chi connectivity index (χ4n) is 3.79. The molecular weight excluding hydrogens is 442 g/mol. The zero-order valence-electron chi connectivity index (χ0n) is 17.3. The first kappa shape index (κ1) is 20.5. The lowest BCUT2D eigenvalue weighted by molar-refractivity contribution is -0.114. The van der Waals surface area contributed by atoms with Crippen molar-refractivity contribution < 1.29 is 4.79 Å². The fourth-order valence-corrected chi connectivity index (χ4v) is 4.87. The zero-order chi connectivity index (χ0) is 22.4. The molecule has 0 fully saturated rings. The van der Waals surface area contributed by atoms with Crippen molar-refractivity contribution in [3.05, 3.63) is 93.8 Å². The molecule has 0 spiro atoms. The number of thioether (sulfide) groups is 1. The Morgan fingerprint density at radius 2 is 1.84 bits per heavy atom. The summed E-state index contributed by atoms with van der Waals surface area (Å²) >= 11 is 7.47. The molecule has 6 nitrogen and oxygen atoms in total. The second-order valence-electron chi connectivity index (χ2n) is 7.43. The molecule has 3 heterocycles. The third-order valence-electron chi connectivity index (χ3n) is 5.31. The summed E-state index contributed by atoms with van der Waals surface area (Å²) in [5.41, 5.74) is 4.85. The molecular formula is C24H18ClN5OS. The highest BCUT2D eigenvalue weighted by atomic mass is 35.5. The van der Waals surface area contributed by atoms with Crippen LogP contribution in [0.15, 0.2) is 76.3 Å². The smallest absolute Gasteiger partial charge is 0.283 e. The minimum Gasteiger partial charge on any atom is -0.318 e. The number of aliphatic imine (C=N–C) groups is 1. The number of carbonyl (C=O) groups is 1. The molecule has 158 valence electrons. The number of aryl methyl sites for hydroxylation is 1. The minimum atomic E-state index is -0.439. The van der Waals surface area contributed by atoms with Crippen molar-refractivity contribution in [2.45, 2.75) is 13.8 Å². The molecule has 1 aromatic heterocycles. The van der Waals surface area contributed by atoms with E-state index in [0.717, 1.165) is 28.2 Å². The van der Waals surface area contributed by atoms with Gasteiger partial charge in [-0.3, -0.25) is 10.2 Å². The van der Waals surface area contributed by atoms with Crippen molar-refractivity contribution >= 4 is 51.4 Å². The molecule has 5 rings (SSSR count). The van der Waals surface area contributed by atoms with Crippen molar-refractivity contribution in [1.82, 2.24) is 9.58 Å². The molecule has 0 saturated heterocycles. The van der Waals surface area contributed by atoms with Crippen molar-refractivity contribution in [1.29, 1.82) is 5.41 Å². The van der Waals surface area contributed by atoms with E-state index in [1.807, 2.05) is 74.5 Å². The number of amidine groups is 2. The maximum absolute atomic E-state index is 12.8. The number of fused-ring (bicyclic) bond motifs is 1. The molecule has 0 radical (unpaired) electrons. The molecule has 2 aliphatic heterocycles. The van der Waals surface area contributed by atoms with E-state index in [1.165, 1.54) is 16.8 Å². The summed E-state index contributed by atoms with van der Waals surface area (Å²) in [5.74, 6) is -0.420. The van der Waals surface area contributed by atoms with E-state index in [9.17, 15) is 4.79 Å². The van der Waals surface area contributed by atoms with E-state index in [4.69, 9.17) is 17.0 Å². The summed E-state index contributed by atoms with van der Waals surface area (Å²) < 4.78 is 2.07. The van der Waals surface area contributed by atoms with Gasteiger partial charge in [0.25, 0.3) is 5.91 Å². The van der Waals surface area contributed by atoms with Crippen LogP contribution in [0.25, 0.3) is 11.8 Å². The molecule has 2 aromatic carbocycles. The number of nitrogens with zero attached hydrogens (tertiary/aromatic N) is 4. The van der Waals surface area contributed by atoms with Gasteiger partial charge < -0.3 is 4.57 Å². The van der Waals surface area contributed by atoms with Gasteiger partial charge in [-0.05, 0) is 61.5 Å². The third kappa shape index (κ3) is 3.49. The zero-order valence-corrected chi connectivity index (χ0v) is 18.9. The number of aromatic nitrogens is 1. The van der Waals surface area contributed by atoms with Crippen LogP contribution < -0.4 is 0 Å². The Morgan fingerprint density at radius 3 is 2.59 bits per heavy atom. The Morgan fingerprint density at radius 1 is 1.06 bits per heavy atom. The van der Waals surface area contributed by atoms with Crippen LogP contribution in [0.2, 0.25) is 5.02 Å². The molecule has 8 heteroatoms. The quantitative estimate of drug-likeness (QED) is 0.532. The second kappa shape index (κ2) is 7.93.